The molecule has 0 atom stereocenters. The van der Waals surface area contributed by atoms with Crippen molar-refractivity contribution in [2.24, 2.45) is 0 Å². The molecule has 8 heteroatoms. The van der Waals surface area contributed by atoms with E-state index < -0.39 is 17.3 Å². The van der Waals surface area contributed by atoms with E-state index >= 15 is 0 Å². The SMILES string of the molecule is Cc1ccccc1-n1ncc2c(C)nn(CC(=O)Nc3cccc(F)c3)c(=O)c21. The number of aryl methyl sites for hydroxylation is 2. The van der Waals surface area contributed by atoms with Crippen LogP contribution < -0.4 is 10.9 Å². The lowest BCUT2D eigenvalue weighted by atomic mass is 10.2. The van der Waals surface area contributed by atoms with Crippen LogP contribution in [0.1, 0.15) is 11.3 Å². The van der Waals surface area contributed by atoms with Gasteiger partial charge in [-0.3, -0.25) is 9.59 Å². The Labute approximate surface area is 165 Å². The van der Waals surface area contributed by atoms with Crippen molar-refractivity contribution in [3.8, 4) is 5.69 Å². The van der Waals surface area contributed by atoms with Crippen LogP contribution in [-0.4, -0.2) is 25.5 Å². The number of aromatic nitrogens is 4. The lowest BCUT2D eigenvalue weighted by Crippen LogP contribution is -2.31. The number of benzene rings is 2. The second kappa shape index (κ2) is 7.31. The van der Waals surface area contributed by atoms with Gasteiger partial charge in [0.05, 0.1) is 17.6 Å². The maximum atomic E-state index is 13.3. The average Bonchev–Trinajstić information content (AvgIpc) is 3.12. The van der Waals surface area contributed by atoms with Crippen molar-refractivity contribution in [2.45, 2.75) is 20.4 Å². The molecule has 0 saturated heterocycles. The van der Waals surface area contributed by atoms with Crippen molar-refractivity contribution in [3.63, 3.8) is 0 Å². The Bertz CT molecular complexity index is 1290. The number of hydrogen-bond donors (Lipinski definition) is 1. The number of carbonyl (C=O) groups excluding carboxylic acids is 1. The zero-order valence-electron chi connectivity index (χ0n) is 15.9. The number of halogens is 1. The second-order valence-electron chi connectivity index (χ2n) is 6.71. The number of rotatable bonds is 4. The number of amides is 1. The summed E-state index contributed by atoms with van der Waals surface area (Å²) < 4.78 is 16.0. The molecule has 0 fully saturated rings. The Kier molecular flexibility index (Phi) is 4.67. The zero-order valence-corrected chi connectivity index (χ0v) is 15.9. The molecule has 2 heterocycles. The highest BCUT2D eigenvalue weighted by atomic mass is 19.1. The lowest BCUT2D eigenvalue weighted by molar-refractivity contribution is -0.117. The van der Waals surface area contributed by atoms with E-state index in [1.807, 2.05) is 31.2 Å². The molecule has 0 aliphatic heterocycles. The van der Waals surface area contributed by atoms with E-state index in [0.29, 0.717) is 22.3 Å². The Morgan fingerprint density at radius 1 is 1.14 bits per heavy atom. The van der Waals surface area contributed by atoms with Crippen LogP contribution in [0.15, 0.2) is 59.5 Å². The van der Waals surface area contributed by atoms with Crippen LogP contribution in [0.5, 0.6) is 0 Å². The highest BCUT2D eigenvalue weighted by Gasteiger charge is 2.17. The summed E-state index contributed by atoms with van der Waals surface area (Å²) in [6.07, 6.45) is 1.60. The molecule has 29 heavy (non-hydrogen) atoms. The normalized spacial score (nSPS) is 11.0. The van der Waals surface area contributed by atoms with Crippen LogP contribution in [0, 0.1) is 19.7 Å². The molecule has 4 aromatic rings. The Morgan fingerprint density at radius 3 is 2.69 bits per heavy atom. The minimum absolute atomic E-state index is 0.301. The van der Waals surface area contributed by atoms with Gasteiger partial charge in [-0.05, 0) is 43.7 Å². The average molecular weight is 391 g/mol. The molecule has 0 aliphatic rings. The molecule has 0 radical (unpaired) electrons. The summed E-state index contributed by atoms with van der Waals surface area (Å²) in [5, 5.41) is 11.8. The molecule has 1 N–H and O–H groups in total. The summed E-state index contributed by atoms with van der Waals surface area (Å²) in [4.78, 5) is 25.5. The molecule has 4 rings (SSSR count). The first-order valence-corrected chi connectivity index (χ1v) is 9.01. The molecule has 2 aromatic carbocycles. The molecule has 0 bridgehead atoms. The lowest BCUT2D eigenvalue weighted by Gasteiger charge is -2.10. The number of para-hydroxylation sites is 1. The van der Waals surface area contributed by atoms with Gasteiger partial charge in [0.15, 0.2) is 0 Å². The first kappa shape index (κ1) is 18.5. The van der Waals surface area contributed by atoms with E-state index in [1.54, 1.807) is 23.9 Å². The quantitative estimate of drug-likeness (QED) is 0.580. The summed E-state index contributed by atoms with van der Waals surface area (Å²) >= 11 is 0. The van der Waals surface area contributed by atoms with Gasteiger partial charge in [0.1, 0.15) is 17.9 Å². The van der Waals surface area contributed by atoms with Gasteiger partial charge in [0, 0.05) is 11.1 Å². The van der Waals surface area contributed by atoms with Gasteiger partial charge in [-0.15, -0.1) is 0 Å². The highest BCUT2D eigenvalue weighted by Crippen LogP contribution is 2.19. The number of hydrogen-bond acceptors (Lipinski definition) is 4. The molecule has 1 amide bonds. The number of fused-ring (bicyclic) bond motifs is 1. The fraction of sp³-hybridized carbons (Fsp3) is 0.143. The molecule has 7 nitrogen and oxygen atoms in total. The third kappa shape index (κ3) is 3.52. The van der Waals surface area contributed by atoms with E-state index in [0.717, 1.165) is 15.9 Å². The molecule has 0 saturated carbocycles. The van der Waals surface area contributed by atoms with Gasteiger partial charge in [0.25, 0.3) is 5.56 Å². The van der Waals surface area contributed by atoms with Crippen molar-refractivity contribution in [2.75, 3.05) is 5.32 Å². The predicted molar refractivity (Wildman–Crippen MR) is 108 cm³/mol. The molecular weight excluding hydrogens is 373 g/mol. The van der Waals surface area contributed by atoms with Crippen LogP contribution in [0.3, 0.4) is 0 Å². The van der Waals surface area contributed by atoms with Gasteiger partial charge in [0.2, 0.25) is 5.91 Å². The number of anilines is 1. The Hall–Kier alpha value is -3.81. The van der Waals surface area contributed by atoms with Gasteiger partial charge < -0.3 is 5.32 Å². The summed E-state index contributed by atoms with van der Waals surface area (Å²) in [7, 11) is 0. The molecule has 0 aliphatic carbocycles. The van der Waals surface area contributed by atoms with Gasteiger partial charge in [-0.2, -0.15) is 10.2 Å². The molecule has 146 valence electrons. The largest absolute Gasteiger partial charge is 0.324 e. The Balaban J connectivity index is 1.73. The maximum absolute atomic E-state index is 13.3. The minimum atomic E-state index is -0.481. The summed E-state index contributed by atoms with van der Waals surface area (Å²) in [5.41, 5.74) is 2.55. The van der Waals surface area contributed by atoms with E-state index in [-0.39, 0.29) is 6.54 Å². The number of nitrogens with one attached hydrogen (secondary N) is 1. The van der Waals surface area contributed by atoms with Crippen molar-refractivity contribution in [1.82, 2.24) is 19.6 Å². The van der Waals surface area contributed by atoms with Crippen molar-refractivity contribution in [1.29, 1.82) is 0 Å². The molecule has 0 spiro atoms. The van der Waals surface area contributed by atoms with Crippen LogP contribution >= 0.6 is 0 Å². The van der Waals surface area contributed by atoms with Crippen LogP contribution in [0.25, 0.3) is 16.6 Å². The maximum Gasteiger partial charge on any atom is 0.293 e. The van der Waals surface area contributed by atoms with Crippen molar-refractivity contribution in [3.05, 3.63) is 82.2 Å². The van der Waals surface area contributed by atoms with Crippen LogP contribution in [-0.2, 0) is 11.3 Å². The van der Waals surface area contributed by atoms with Crippen molar-refractivity contribution < 1.29 is 9.18 Å². The number of carbonyl (C=O) groups is 1. The van der Waals surface area contributed by atoms with Crippen LogP contribution in [0.2, 0.25) is 0 Å². The summed E-state index contributed by atoms with van der Waals surface area (Å²) in [6, 6.07) is 13.1. The van der Waals surface area contributed by atoms with Gasteiger partial charge in [-0.25, -0.2) is 13.8 Å². The monoisotopic (exact) mass is 391 g/mol. The van der Waals surface area contributed by atoms with Gasteiger partial charge >= 0.3 is 0 Å². The molecule has 0 unspecified atom stereocenters. The fourth-order valence-corrected chi connectivity index (χ4v) is 3.22. The number of nitrogens with zero attached hydrogens (tertiary/aromatic N) is 4. The zero-order chi connectivity index (χ0) is 20.5. The fourth-order valence-electron chi connectivity index (χ4n) is 3.22. The first-order valence-electron chi connectivity index (χ1n) is 9.01. The van der Waals surface area contributed by atoms with E-state index in [1.165, 1.54) is 18.2 Å². The topological polar surface area (TPSA) is 81.8 Å². The first-order chi connectivity index (χ1) is 13.9. The summed E-state index contributed by atoms with van der Waals surface area (Å²) in [5.74, 6) is -0.941. The smallest absolute Gasteiger partial charge is 0.293 e. The highest BCUT2D eigenvalue weighted by molar-refractivity contribution is 5.90. The third-order valence-corrected chi connectivity index (χ3v) is 4.61. The summed E-state index contributed by atoms with van der Waals surface area (Å²) in [6.45, 7) is 3.39. The Morgan fingerprint density at radius 2 is 1.93 bits per heavy atom. The predicted octanol–water partition coefficient (Wildman–Crippen LogP) is 2.98. The third-order valence-electron chi connectivity index (χ3n) is 4.61. The van der Waals surface area contributed by atoms with Crippen LogP contribution in [0.4, 0.5) is 10.1 Å². The minimum Gasteiger partial charge on any atom is -0.324 e. The molecular formula is C21H18FN5O2. The standard InChI is InChI=1S/C21H18FN5O2/c1-13-6-3-4-9-18(13)27-20-17(11-23-27)14(2)25-26(21(20)29)12-19(28)24-16-8-5-7-15(22)10-16/h3-11H,12H2,1-2H3,(H,24,28). The van der Waals surface area contributed by atoms with E-state index in [2.05, 4.69) is 15.5 Å². The molecule has 2 aromatic heterocycles. The van der Waals surface area contributed by atoms with E-state index in [9.17, 15) is 14.0 Å². The van der Waals surface area contributed by atoms with E-state index in [4.69, 9.17) is 0 Å². The second-order valence-corrected chi connectivity index (χ2v) is 6.71. The van der Waals surface area contributed by atoms with Gasteiger partial charge in [-0.1, -0.05) is 24.3 Å². The van der Waals surface area contributed by atoms with Crippen molar-refractivity contribution >= 4 is 22.5 Å².